The van der Waals surface area contributed by atoms with E-state index in [-0.39, 0.29) is 16.0 Å². The second kappa shape index (κ2) is 10.5. The Morgan fingerprint density at radius 2 is 1.03 bits per heavy atom. The first-order valence-electron chi connectivity index (χ1n) is 12.2. The SMILES string of the molecule is C[C@H](C1=C(P(c2ccc(C(F)(F)F)cc2)c2ccc(C(F)(F)F)cc2)CC=C1)P(C(C)(C)C)C(C)(C)C. The molecule has 0 N–H and O–H groups in total. The largest absolute Gasteiger partial charge is 0.416 e. The van der Waals surface area contributed by atoms with E-state index in [1.807, 2.05) is 0 Å². The van der Waals surface area contributed by atoms with Gasteiger partial charge in [-0.2, -0.15) is 26.3 Å². The van der Waals surface area contributed by atoms with E-state index in [0.29, 0.717) is 17.0 Å². The van der Waals surface area contributed by atoms with E-state index < -0.39 is 39.3 Å². The first-order valence-corrected chi connectivity index (χ1v) is 14.9. The highest BCUT2D eigenvalue weighted by molar-refractivity contribution is 7.76. The van der Waals surface area contributed by atoms with Gasteiger partial charge in [-0.05, 0) is 70.4 Å². The van der Waals surface area contributed by atoms with Crippen molar-refractivity contribution < 1.29 is 26.3 Å². The molecule has 0 fully saturated rings. The number of hydrogen-bond acceptors (Lipinski definition) is 0. The highest BCUT2D eigenvalue weighted by Gasteiger charge is 2.41. The molecule has 0 heterocycles. The van der Waals surface area contributed by atoms with Crippen LogP contribution in [0.15, 0.2) is 71.6 Å². The molecule has 2 aromatic rings. The summed E-state index contributed by atoms with van der Waals surface area (Å²) in [7, 11) is -1.87. The summed E-state index contributed by atoms with van der Waals surface area (Å²) in [5, 5.41) is 2.59. The number of allylic oxidation sites excluding steroid dienone is 4. The van der Waals surface area contributed by atoms with E-state index in [2.05, 4.69) is 60.6 Å². The number of benzene rings is 2. The smallest absolute Gasteiger partial charge is 0.166 e. The third-order valence-corrected chi connectivity index (χ3v) is 13.0. The van der Waals surface area contributed by atoms with Crippen molar-refractivity contribution >= 4 is 26.5 Å². The van der Waals surface area contributed by atoms with Gasteiger partial charge in [0.2, 0.25) is 0 Å². The molecule has 3 rings (SSSR count). The van der Waals surface area contributed by atoms with Crippen LogP contribution in [-0.2, 0) is 12.4 Å². The molecule has 0 aliphatic heterocycles. The molecule has 1 aliphatic carbocycles. The number of rotatable bonds is 5. The van der Waals surface area contributed by atoms with Crippen LogP contribution in [0.5, 0.6) is 0 Å². The Morgan fingerprint density at radius 3 is 1.35 bits per heavy atom. The Balaban J connectivity index is 2.19. The lowest BCUT2D eigenvalue weighted by atomic mass is 10.2. The molecule has 1 aliphatic rings. The molecule has 8 heteroatoms. The van der Waals surface area contributed by atoms with Gasteiger partial charge in [-0.1, -0.05) is 92.8 Å². The van der Waals surface area contributed by atoms with Crippen molar-refractivity contribution in [2.75, 3.05) is 0 Å². The molecule has 0 bridgehead atoms. The molecule has 0 saturated heterocycles. The molecule has 0 radical (unpaired) electrons. The summed E-state index contributed by atoms with van der Waals surface area (Å²) in [6, 6.07) is 10.2. The van der Waals surface area contributed by atoms with Crippen LogP contribution in [0, 0.1) is 0 Å². The van der Waals surface area contributed by atoms with Crippen molar-refractivity contribution in [3.8, 4) is 0 Å². The van der Waals surface area contributed by atoms with Gasteiger partial charge in [0.05, 0.1) is 11.1 Å². The Labute approximate surface area is 218 Å². The third-order valence-electron chi connectivity index (χ3n) is 6.40. The van der Waals surface area contributed by atoms with Crippen LogP contribution < -0.4 is 10.6 Å². The monoisotopic (exact) mass is 558 g/mol. The van der Waals surface area contributed by atoms with Gasteiger partial charge in [-0.3, -0.25) is 0 Å². The Hall–Kier alpha value is -1.64. The lowest BCUT2D eigenvalue weighted by Crippen LogP contribution is -2.31. The molecule has 0 nitrogen and oxygen atoms in total. The topological polar surface area (TPSA) is 0 Å². The fourth-order valence-electron chi connectivity index (χ4n) is 5.48. The average molecular weight is 559 g/mol. The van der Waals surface area contributed by atoms with E-state index in [1.165, 1.54) is 29.8 Å². The summed E-state index contributed by atoms with van der Waals surface area (Å²) in [5.41, 5.74) is -0.107. The predicted octanol–water partition coefficient (Wildman–Crippen LogP) is 9.84. The van der Waals surface area contributed by atoms with Crippen molar-refractivity contribution in [2.24, 2.45) is 0 Å². The second-order valence-electron chi connectivity index (χ2n) is 11.3. The van der Waals surface area contributed by atoms with Gasteiger partial charge in [0, 0.05) is 5.66 Å². The summed E-state index contributed by atoms with van der Waals surface area (Å²) < 4.78 is 79.6. The Morgan fingerprint density at radius 1 is 0.649 bits per heavy atom. The second-order valence-corrected chi connectivity index (χ2v) is 17.8. The van der Waals surface area contributed by atoms with Crippen molar-refractivity contribution in [3.05, 3.63) is 82.7 Å². The van der Waals surface area contributed by atoms with Gasteiger partial charge in [-0.15, -0.1) is 0 Å². The fourth-order valence-corrected chi connectivity index (χ4v) is 13.1. The van der Waals surface area contributed by atoms with E-state index >= 15 is 0 Å². The molecule has 1 atom stereocenters. The lowest BCUT2D eigenvalue weighted by Gasteiger charge is -2.46. The zero-order chi connectivity index (χ0) is 28.0. The zero-order valence-electron chi connectivity index (χ0n) is 22.2. The molecule has 0 saturated carbocycles. The summed E-state index contributed by atoms with van der Waals surface area (Å²) >= 11 is 0. The summed E-state index contributed by atoms with van der Waals surface area (Å²) in [6.45, 7) is 15.7. The van der Waals surface area contributed by atoms with E-state index in [0.717, 1.165) is 29.6 Å². The van der Waals surface area contributed by atoms with Crippen LogP contribution in [0.25, 0.3) is 0 Å². The minimum atomic E-state index is -4.46. The molecule has 0 unspecified atom stereocenters. The van der Waals surface area contributed by atoms with Crippen LogP contribution in [-0.4, -0.2) is 16.0 Å². The maximum Gasteiger partial charge on any atom is 0.416 e. The third kappa shape index (κ3) is 6.87. The molecule has 0 spiro atoms. The minimum Gasteiger partial charge on any atom is -0.166 e. The number of halogens is 6. The molecular formula is C29H34F6P2. The molecule has 37 heavy (non-hydrogen) atoms. The van der Waals surface area contributed by atoms with Crippen LogP contribution in [0.4, 0.5) is 26.3 Å². The number of alkyl halides is 6. The highest BCUT2D eigenvalue weighted by atomic mass is 31.1. The van der Waals surface area contributed by atoms with E-state index in [4.69, 9.17) is 0 Å². The zero-order valence-corrected chi connectivity index (χ0v) is 24.0. The van der Waals surface area contributed by atoms with Gasteiger partial charge in [0.1, 0.15) is 0 Å². The van der Waals surface area contributed by atoms with Gasteiger partial charge < -0.3 is 0 Å². The highest BCUT2D eigenvalue weighted by Crippen LogP contribution is 2.66. The Kier molecular flexibility index (Phi) is 8.48. The van der Waals surface area contributed by atoms with Crippen molar-refractivity contribution in [1.29, 1.82) is 0 Å². The maximum absolute atomic E-state index is 13.3. The molecular weight excluding hydrogens is 524 g/mol. The minimum absolute atomic E-state index is 0.0486. The predicted molar refractivity (Wildman–Crippen MR) is 146 cm³/mol. The standard InChI is InChI=1S/C29H34F6P2/c1-19(37(26(2,3)4)27(5,6)7)24-9-8-10-25(24)36(22-15-11-20(12-16-22)28(30,31)32)23-17-13-21(14-18-23)29(33,34)35/h8-9,11-19H,10H2,1-7H3/t19-/m1/s1. The van der Waals surface area contributed by atoms with Crippen LogP contribution in [0.1, 0.15) is 66.0 Å². The lowest BCUT2D eigenvalue weighted by molar-refractivity contribution is -0.138. The molecule has 0 aromatic heterocycles. The van der Waals surface area contributed by atoms with Crippen molar-refractivity contribution in [3.63, 3.8) is 0 Å². The Bertz CT molecular complexity index is 1070. The summed E-state index contributed by atoms with van der Waals surface area (Å²) in [4.78, 5) is 0. The van der Waals surface area contributed by atoms with Crippen LogP contribution in [0.3, 0.4) is 0 Å². The van der Waals surface area contributed by atoms with E-state index in [9.17, 15) is 26.3 Å². The van der Waals surface area contributed by atoms with Crippen LogP contribution >= 0.6 is 15.8 Å². The summed E-state index contributed by atoms with van der Waals surface area (Å²) in [6.07, 6.45) is -4.10. The maximum atomic E-state index is 13.3. The van der Waals surface area contributed by atoms with Crippen LogP contribution in [0.2, 0.25) is 0 Å². The van der Waals surface area contributed by atoms with Crippen molar-refractivity contribution in [2.45, 2.75) is 83.2 Å². The van der Waals surface area contributed by atoms with Gasteiger partial charge in [0.15, 0.2) is 0 Å². The molecule has 202 valence electrons. The molecule has 2 aromatic carbocycles. The van der Waals surface area contributed by atoms with E-state index in [1.54, 1.807) is 0 Å². The van der Waals surface area contributed by atoms with Crippen molar-refractivity contribution in [1.82, 2.24) is 0 Å². The number of hydrogen-bond donors (Lipinski definition) is 0. The molecule has 0 amide bonds. The first-order chi connectivity index (χ1) is 16.8. The summed E-state index contributed by atoms with van der Waals surface area (Å²) in [5.74, 6) is 0. The van der Waals surface area contributed by atoms with Gasteiger partial charge in [-0.25, -0.2) is 0 Å². The van der Waals surface area contributed by atoms with Gasteiger partial charge in [0.25, 0.3) is 0 Å². The average Bonchev–Trinajstić information content (AvgIpc) is 3.21. The van der Waals surface area contributed by atoms with Gasteiger partial charge >= 0.3 is 12.4 Å². The normalized spacial score (nSPS) is 16.3. The fraction of sp³-hybridized carbons (Fsp3) is 0.448. The quantitative estimate of drug-likeness (QED) is 0.253. The first kappa shape index (κ1) is 29.9.